The second kappa shape index (κ2) is 8.79. The molecule has 0 spiro atoms. The highest BCUT2D eigenvalue weighted by molar-refractivity contribution is 5.94. The van der Waals surface area contributed by atoms with E-state index in [-0.39, 0.29) is 24.7 Å². The molecule has 0 aliphatic carbocycles. The van der Waals surface area contributed by atoms with E-state index < -0.39 is 6.09 Å². The molecule has 0 aliphatic heterocycles. The fraction of sp³-hybridized carbons (Fsp3) is 0.429. The summed E-state index contributed by atoms with van der Waals surface area (Å²) in [5, 5.41) is 14.4. The lowest BCUT2D eigenvalue weighted by molar-refractivity contribution is 0.0951. The van der Waals surface area contributed by atoms with E-state index in [9.17, 15) is 14.7 Å². The number of amides is 2. The average molecular weight is 280 g/mol. The summed E-state index contributed by atoms with van der Waals surface area (Å²) in [6.45, 7) is 2.99. The smallest absolute Gasteiger partial charge is 0.407 e. The summed E-state index contributed by atoms with van der Waals surface area (Å²) in [5.74, 6) is -0.266. The van der Waals surface area contributed by atoms with Gasteiger partial charge in [0, 0.05) is 18.7 Å². The molecule has 0 heterocycles. The van der Waals surface area contributed by atoms with Gasteiger partial charge in [0.1, 0.15) is 5.75 Å². The number of ether oxygens (including phenoxy) is 1. The molecule has 0 saturated heterocycles. The molecule has 2 amide bonds. The van der Waals surface area contributed by atoms with Crippen LogP contribution in [0.15, 0.2) is 24.3 Å². The molecule has 0 aromatic heterocycles. The summed E-state index contributed by atoms with van der Waals surface area (Å²) in [6, 6.07) is 6.06. The van der Waals surface area contributed by atoms with Crippen LogP contribution >= 0.6 is 0 Å². The number of alkyl carbamates (subject to hydrolysis) is 1. The van der Waals surface area contributed by atoms with Crippen LogP contribution in [0.5, 0.6) is 5.75 Å². The normalized spacial score (nSPS) is 9.85. The van der Waals surface area contributed by atoms with Crippen molar-refractivity contribution < 1.29 is 19.4 Å². The molecule has 0 fully saturated rings. The summed E-state index contributed by atoms with van der Waals surface area (Å²) in [6.07, 6.45) is 1.32. The van der Waals surface area contributed by atoms with Gasteiger partial charge in [0.15, 0.2) is 0 Å². The van der Waals surface area contributed by atoms with E-state index in [2.05, 4.69) is 10.6 Å². The van der Waals surface area contributed by atoms with Gasteiger partial charge in [-0.3, -0.25) is 4.79 Å². The number of carbonyl (C=O) groups is 2. The molecular formula is C14H20N2O4. The van der Waals surface area contributed by atoms with Gasteiger partial charge in [-0.15, -0.1) is 0 Å². The fourth-order valence-electron chi connectivity index (χ4n) is 1.45. The first kappa shape index (κ1) is 15.8. The van der Waals surface area contributed by atoms with Gasteiger partial charge in [0.05, 0.1) is 6.61 Å². The van der Waals surface area contributed by atoms with Crippen LogP contribution in [-0.4, -0.2) is 36.8 Å². The Hall–Kier alpha value is -2.24. The number of hydrogen-bond donors (Lipinski definition) is 3. The maximum Gasteiger partial charge on any atom is 0.407 e. The number of benzene rings is 1. The van der Waals surface area contributed by atoms with Crippen LogP contribution in [-0.2, 0) is 4.74 Å². The first-order valence-corrected chi connectivity index (χ1v) is 6.61. The number of carbonyl (C=O) groups excluding carboxylic acids is 2. The molecule has 3 N–H and O–H groups in total. The Morgan fingerprint density at radius 2 is 2.00 bits per heavy atom. The molecule has 0 atom stereocenters. The lowest BCUT2D eigenvalue weighted by atomic mass is 10.2. The molecule has 1 aromatic carbocycles. The monoisotopic (exact) mass is 280 g/mol. The SMILES string of the molecule is CCCCOC(=O)NCCNC(=O)c1cccc(O)c1. The van der Waals surface area contributed by atoms with Crippen LogP contribution in [0.1, 0.15) is 30.1 Å². The standard InChI is InChI=1S/C14H20N2O4/c1-2-3-9-20-14(19)16-8-7-15-13(18)11-5-4-6-12(17)10-11/h4-6,10,17H,2-3,7-9H2,1H3,(H,15,18)(H,16,19). The van der Waals surface area contributed by atoms with Gasteiger partial charge in [-0.05, 0) is 24.6 Å². The minimum absolute atomic E-state index is 0.0373. The van der Waals surface area contributed by atoms with Crippen molar-refractivity contribution in [2.24, 2.45) is 0 Å². The third-order valence-electron chi connectivity index (χ3n) is 2.52. The molecule has 6 heteroatoms. The topological polar surface area (TPSA) is 87.7 Å². The quantitative estimate of drug-likeness (QED) is 0.663. The molecule has 110 valence electrons. The zero-order valence-corrected chi connectivity index (χ0v) is 11.5. The van der Waals surface area contributed by atoms with E-state index in [4.69, 9.17) is 4.74 Å². The van der Waals surface area contributed by atoms with Gasteiger partial charge in [-0.25, -0.2) is 4.79 Å². The lowest BCUT2D eigenvalue weighted by Crippen LogP contribution is -2.35. The summed E-state index contributed by atoms with van der Waals surface area (Å²) in [5.41, 5.74) is 0.371. The number of phenols is 1. The number of rotatable bonds is 7. The predicted molar refractivity (Wildman–Crippen MR) is 74.7 cm³/mol. The van der Waals surface area contributed by atoms with Crippen molar-refractivity contribution in [3.05, 3.63) is 29.8 Å². The van der Waals surface area contributed by atoms with Gasteiger partial charge in [0.2, 0.25) is 0 Å². The second-order valence-electron chi connectivity index (χ2n) is 4.22. The Bertz CT molecular complexity index is 449. The third-order valence-corrected chi connectivity index (χ3v) is 2.52. The molecule has 0 unspecified atom stereocenters. The number of phenolic OH excluding ortho intramolecular Hbond substituents is 1. The Morgan fingerprint density at radius 1 is 1.25 bits per heavy atom. The van der Waals surface area contributed by atoms with Crippen LogP contribution in [0, 0.1) is 0 Å². The lowest BCUT2D eigenvalue weighted by Gasteiger charge is -2.08. The van der Waals surface area contributed by atoms with Crippen molar-refractivity contribution in [1.29, 1.82) is 0 Å². The molecule has 0 aliphatic rings. The fourth-order valence-corrected chi connectivity index (χ4v) is 1.45. The Labute approximate surface area is 118 Å². The van der Waals surface area contributed by atoms with E-state index in [1.165, 1.54) is 12.1 Å². The van der Waals surface area contributed by atoms with Crippen molar-refractivity contribution in [1.82, 2.24) is 10.6 Å². The Kier molecular flexibility index (Phi) is 6.95. The minimum atomic E-state index is -0.481. The predicted octanol–water partition coefficient (Wildman–Crippen LogP) is 1.65. The Balaban J connectivity index is 2.18. The highest BCUT2D eigenvalue weighted by Crippen LogP contribution is 2.10. The van der Waals surface area contributed by atoms with Gasteiger partial charge in [0.25, 0.3) is 5.91 Å². The number of nitrogens with one attached hydrogen (secondary N) is 2. The highest BCUT2D eigenvalue weighted by atomic mass is 16.5. The van der Waals surface area contributed by atoms with Crippen LogP contribution in [0.25, 0.3) is 0 Å². The van der Waals surface area contributed by atoms with Gasteiger partial charge in [-0.2, -0.15) is 0 Å². The van der Waals surface area contributed by atoms with E-state index in [0.717, 1.165) is 12.8 Å². The number of aromatic hydroxyl groups is 1. The molecule has 20 heavy (non-hydrogen) atoms. The summed E-state index contributed by atoms with van der Waals surface area (Å²) in [7, 11) is 0. The first-order valence-electron chi connectivity index (χ1n) is 6.61. The largest absolute Gasteiger partial charge is 0.508 e. The summed E-state index contributed by atoms with van der Waals surface area (Å²) in [4.78, 5) is 22.9. The molecule has 0 radical (unpaired) electrons. The summed E-state index contributed by atoms with van der Waals surface area (Å²) >= 11 is 0. The van der Waals surface area contributed by atoms with Crippen LogP contribution in [0.2, 0.25) is 0 Å². The van der Waals surface area contributed by atoms with Crippen molar-refractivity contribution in [3.8, 4) is 5.75 Å². The number of hydrogen-bond acceptors (Lipinski definition) is 4. The molecule has 0 bridgehead atoms. The first-order chi connectivity index (χ1) is 9.63. The maximum atomic E-state index is 11.7. The summed E-state index contributed by atoms with van der Waals surface area (Å²) < 4.78 is 4.89. The zero-order chi connectivity index (χ0) is 14.8. The Morgan fingerprint density at radius 3 is 2.70 bits per heavy atom. The van der Waals surface area contributed by atoms with E-state index in [1.54, 1.807) is 12.1 Å². The highest BCUT2D eigenvalue weighted by Gasteiger charge is 2.06. The van der Waals surface area contributed by atoms with Gasteiger partial charge in [-0.1, -0.05) is 19.4 Å². The average Bonchev–Trinajstić information content (AvgIpc) is 2.43. The molecule has 6 nitrogen and oxygen atoms in total. The van der Waals surface area contributed by atoms with Gasteiger partial charge >= 0.3 is 6.09 Å². The van der Waals surface area contributed by atoms with Crippen LogP contribution in [0.4, 0.5) is 4.79 Å². The maximum absolute atomic E-state index is 11.7. The van der Waals surface area contributed by atoms with Crippen LogP contribution in [0.3, 0.4) is 0 Å². The molecule has 1 aromatic rings. The van der Waals surface area contributed by atoms with Gasteiger partial charge < -0.3 is 20.5 Å². The molecule has 1 rings (SSSR count). The molecular weight excluding hydrogens is 260 g/mol. The second-order valence-corrected chi connectivity index (χ2v) is 4.22. The number of unbranched alkanes of at least 4 members (excludes halogenated alkanes) is 1. The van der Waals surface area contributed by atoms with Crippen molar-refractivity contribution >= 4 is 12.0 Å². The van der Waals surface area contributed by atoms with Crippen LogP contribution < -0.4 is 10.6 Å². The third kappa shape index (κ3) is 6.08. The van der Waals surface area contributed by atoms with Crippen molar-refractivity contribution in [2.45, 2.75) is 19.8 Å². The van der Waals surface area contributed by atoms with Crippen molar-refractivity contribution in [2.75, 3.05) is 19.7 Å². The van der Waals surface area contributed by atoms with E-state index in [1.807, 2.05) is 6.92 Å². The van der Waals surface area contributed by atoms with E-state index >= 15 is 0 Å². The van der Waals surface area contributed by atoms with Crippen molar-refractivity contribution in [3.63, 3.8) is 0 Å². The van der Waals surface area contributed by atoms with E-state index in [0.29, 0.717) is 12.2 Å². The zero-order valence-electron chi connectivity index (χ0n) is 11.5. The minimum Gasteiger partial charge on any atom is -0.508 e. The molecule has 0 saturated carbocycles.